The molecule has 0 N–H and O–H groups in total. The lowest BCUT2D eigenvalue weighted by Crippen LogP contribution is -2.28. The average molecular weight is 301 g/mol. The lowest BCUT2D eigenvalue weighted by molar-refractivity contribution is -0.126. The molecule has 2 saturated carbocycles. The van der Waals surface area contributed by atoms with Crippen molar-refractivity contribution in [1.82, 2.24) is 4.90 Å². The highest BCUT2D eigenvalue weighted by atomic mass is 16.3. The van der Waals surface area contributed by atoms with E-state index in [9.17, 15) is 4.79 Å². The van der Waals surface area contributed by atoms with Gasteiger partial charge in [-0.05, 0) is 56.1 Å². The summed E-state index contributed by atoms with van der Waals surface area (Å²) in [7, 11) is 0. The molecular formula is C19H27NO2. The van der Waals surface area contributed by atoms with E-state index in [1.165, 1.54) is 38.5 Å². The second-order valence-corrected chi connectivity index (χ2v) is 6.87. The van der Waals surface area contributed by atoms with E-state index < -0.39 is 0 Å². The topological polar surface area (TPSA) is 33.5 Å². The van der Waals surface area contributed by atoms with Crippen molar-refractivity contribution >= 4 is 5.91 Å². The molecule has 22 heavy (non-hydrogen) atoms. The highest BCUT2D eigenvalue weighted by Crippen LogP contribution is 2.44. The van der Waals surface area contributed by atoms with E-state index in [-0.39, 0.29) is 5.91 Å². The maximum absolute atomic E-state index is 12.4. The zero-order valence-corrected chi connectivity index (χ0v) is 13.5. The van der Waals surface area contributed by atoms with E-state index >= 15 is 0 Å². The largest absolute Gasteiger partial charge is 0.472 e. The van der Waals surface area contributed by atoms with Crippen LogP contribution in [0.15, 0.2) is 35.2 Å². The predicted molar refractivity (Wildman–Crippen MR) is 87.1 cm³/mol. The second-order valence-electron chi connectivity index (χ2n) is 6.87. The summed E-state index contributed by atoms with van der Waals surface area (Å²) in [6.07, 6.45) is 15.5. The van der Waals surface area contributed by atoms with Gasteiger partial charge in [0.25, 0.3) is 0 Å². The Kier molecular flexibility index (Phi) is 5.01. The first kappa shape index (κ1) is 15.4. The van der Waals surface area contributed by atoms with Crippen LogP contribution in [0.3, 0.4) is 0 Å². The molecule has 0 aromatic carbocycles. The summed E-state index contributed by atoms with van der Waals surface area (Å²) in [5, 5.41) is 0. The van der Waals surface area contributed by atoms with Crippen molar-refractivity contribution in [2.45, 2.75) is 52.0 Å². The quantitative estimate of drug-likeness (QED) is 0.755. The number of furan rings is 1. The van der Waals surface area contributed by atoms with Gasteiger partial charge in [-0.25, -0.2) is 0 Å². The Balaban J connectivity index is 1.53. The van der Waals surface area contributed by atoms with Crippen molar-refractivity contribution in [3.63, 3.8) is 0 Å². The van der Waals surface area contributed by atoms with E-state index in [1.807, 2.05) is 24.0 Å². The van der Waals surface area contributed by atoms with Crippen LogP contribution in [0.5, 0.6) is 0 Å². The Hall–Kier alpha value is -1.51. The lowest BCUT2D eigenvalue weighted by atomic mass is 9.76. The zero-order chi connectivity index (χ0) is 15.4. The average Bonchev–Trinajstić information content (AvgIpc) is 3.20. The number of amides is 1. The Bertz CT molecular complexity index is 506. The molecule has 3 heteroatoms. The van der Waals surface area contributed by atoms with Crippen molar-refractivity contribution in [2.24, 2.45) is 17.8 Å². The summed E-state index contributed by atoms with van der Waals surface area (Å²) in [6, 6.07) is 1.92. The molecule has 3 unspecified atom stereocenters. The van der Waals surface area contributed by atoms with Gasteiger partial charge in [0.2, 0.25) is 5.91 Å². The summed E-state index contributed by atoms with van der Waals surface area (Å²) in [6.45, 7) is 3.38. The molecule has 2 fully saturated rings. The third kappa shape index (κ3) is 3.63. The summed E-state index contributed by atoms with van der Waals surface area (Å²) < 4.78 is 5.08. The van der Waals surface area contributed by atoms with E-state index in [1.54, 1.807) is 12.5 Å². The van der Waals surface area contributed by atoms with Gasteiger partial charge in [-0.1, -0.05) is 25.3 Å². The molecule has 1 heterocycles. The Morgan fingerprint density at radius 3 is 2.95 bits per heavy atom. The smallest absolute Gasteiger partial charge is 0.246 e. The molecule has 2 aliphatic rings. The summed E-state index contributed by atoms with van der Waals surface area (Å²) in [5.74, 6) is 2.63. The lowest BCUT2D eigenvalue weighted by Gasteiger charge is -2.30. The van der Waals surface area contributed by atoms with Crippen LogP contribution in [0, 0.1) is 17.8 Å². The van der Waals surface area contributed by atoms with Crippen LogP contribution in [0.2, 0.25) is 0 Å². The van der Waals surface area contributed by atoms with Gasteiger partial charge in [-0.3, -0.25) is 4.79 Å². The summed E-state index contributed by atoms with van der Waals surface area (Å²) in [5.41, 5.74) is 1.05. The van der Waals surface area contributed by atoms with Gasteiger partial charge < -0.3 is 9.32 Å². The van der Waals surface area contributed by atoms with Gasteiger partial charge in [0.15, 0.2) is 0 Å². The molecule has 0 aliphatic heterocycles. The van der Waals surface area contributed by atoms with Gasteiger partial charge in [-0.15, -0.1) is 0 Å². The van der Waals surface area contributed by atoms with Crippen LogP contribution in [0.1, 0.15) is 51.0 Å². The number of likely N-dealkylation sites (N-methyl/N-ethyl adjacent to an activating group) is 1. The molecule has 1 aromatic rings. The molecule has 1 aromatic heterocycles. The Morgan fingerprint density at radius 1 is 1.32 bits per heavy atom. The number of fused-ring (bicyclic) bond motifs is 1. The first-order valence-corrected chi connectivity index (χ1v) is 8.74. The van der Waals surface area contributed by atoms with Crippen LogP contribution >= 0.6 is 0 Å². The maximum atomic E-state index is 12.4. The van der Waals surface area contributed by atoms with Crippen LogP contribution in [-0.2, 0) is 11.3 Å². The van der Waals surface area contributed by atoms with Crippen LogP contribution < -0.4 is 0 Å². The number of carbonyl (C=O) groups is 1. The molecular weight excluding hydrogens is 274 g/mol. The van der Waals surface area contributed by atoms with Crippen LogP contribution in [0.25, 0.3) is 0 Å². The zero-order valence-electron chi connectivity index (χ0n) is 13.5. The minimum Gasteiger partial charge on any atom is -0.472 e. The molecule has 0 radical (unpaired) electrons. The van der Waals surface area contributed by atoms with Gasteiger partial charge in [-0.2, -0.15) is 0 Å². The monoisotopic (exact) mass is 301 g/mol. The number of hydrogen-bond acceptors (Lipinski definition) is 2. The highest BCUT2D eigenvalue weighted by molar-refractivity contribution is 5.87. The number of hydrogen-bond donors (Lipinski definition) is 0. The third-order valence-electron chi connectivity index (χ3n) is 5.49. The highest BCUT2D eigenvalue weighted by Gasteiger charge is 2.32. The van der Waals surface area contributed by atoms with E-state index in [2.05, 4.69) is 6.08 Å². The minimum absolute atomic E-state index is 0.122. The summed E-state index contributed by atoms with van der Waals surface area (Å²) >= 11 is 0. The molecule has 3 atom stereocenters. The molecule has 0 bridgehead atoms. The van der Waals surface area contributed by atoms with E-state index in [4.69, 9.17) is 4.42 Å². The van der Waals surface area contributed by atoms with Gasteiger partial charge in [0.1, 0.15) is 0 Å². The number of carbonyl (C=O) groups excluding carboxylic acids is 1. The molecule has 3 rings (SSSR count). The van der Waals surface area contributed by atoms with Crippen LogP contribution in [0.4, 0.5) is 0 Å². The predicted octanol–water partition coefficient (Wildman–Crippen LogP) is 4.40. The number of rotatable bonds is 5. The second kappa shape index (κ2) is 7.17. The first-order chi connectivity index (χ1) is 10.8. The third-order valence-corrected chi connectivity index (χ3v) is 5.49. The molecule has 0 saturated heterocycles. The van der Waals surface area contributed by atoms with Gasteiger partial charge in [0.05, 0.1) is 12.5 Å². The van der Waals surface area contributed by atoms with Gasteiger partial charge in [0, 0.05) is 18.7 Å². The van der Waals surface area contributed by atoms with Crippen molar-refractivity contribution in [3.8, 4) is 0 Å². The molecule has 3 nitrogen and oxygen atoms in total. The van der Waals surface area contributed by atoms with E-state index in [0.29, 0.717) is 12.5 Å². The number of nitrogens with zero attached hydrogens (tertiary/aromatic N) is 1. The van der Waals surface area contributed by atoms with Crippen molar-refractivity contribution in [3.05, 3.63) is 36.3 Å². The molecule has 1 amide bonds. The first-order valence-electron chi connectivity index (χ1n) is 8.74. The molecule has 0 spiro atoms. The van der Waals surface area contributed by atoms with E-state index in [0.717, 1.165) is 23.9 Å². The van der Waals surface area contributed by atoms with Gasteiger partial charge >= 0.3 is 0 Å². The van der Waals surface area contributed by atoms with Crippen molar-refractivity contribution in [2.75, 3.05) is 6.54 Å². The SMILES string of the molecule is CCN(Cc1ccoc1)C(=O)/C=C/C1CCC2CCCC2C1. The minimum atomic E-state index is 0.122. The van der Waals surface area contributed by atoms with Crippen molar-refractivity contribution < 1.29 is 9.21 Å². The van der Waals surface area contributed by atoms with Crippen LogP contribution in [-0.4, -0.2) is 17.4 Å². The number of allylic oxidation sites excluding steroid dienone is 1. The Morgan fingerprint density at radius 2 is 2.18 bits per heavy atom. The fourth-order valence-electron chi connectivity index (χ4n) is 4.19. The summed E-state index contributed by atoms with van der Waals surface area (Å²) in [4.78, 5) is 14.2. The van der Waals surface area contributed by atoms with Crippen molar-refractivity contribution in [1.29, 1.82) is 0 Å². The Labute approximate surface area is 133 Å². The fraction of sp³-hybridized carbons (Fsp3) is 0.632. The normalized spacial score (nSPS) is 28.0. The fourth-order valence-corrected chi connectivity index (χ4v) is 4.19. The standard InChI is InChI=1S/C19H27NO2/c1-2-20(13-16-10-11-22-14-16)19(21)9-7-15-6-8-17-4-3-5-18(17)12-15/h7,9-11,14-15,17-18H,2-6,8,12-13H2,1H3/b9-7+. The molecule has 2 aliphatic carbocycles. The molecule has 120 valence electrons. The maximum Gasteiger partial charge on any atom is 0.246 e.